The third-order valence-electron chi connectivity index (χ3n) is 1.02. The Balaban J connectivity index is 2.86. The van der Waals surface area contributed by atoms with E-state index in [2.05, 4.69) is 4.74 Å². The van der Waals surface area contributed by atoms with Gasteiger partial charge >= 0.3 is 0 Å². The number of ether oxygens (including phenoxy) is 3. The average Bonchev–Trinajstić information content (AvgIpc) is 2.02. The highest BCUT2D eigenvalue weighted by Gasteiger charge is 1.87. The number of hydrogen-bond donors (Lipinski definition) is 0. The Morgan fingerprint density at radius 2 is 1.75 bits per heavy atom. The van der Waals surface area contributed by atoms with Crippen molar-refractivity contribution in [1.29, 1.82) is 0 Å². The SMILES string of the molecule is CCOCCOCCOC(=O)[O-]. The van der Waals surface area contributed by atoms with Crippen LogP contribution in [-0.4, -0.2) is 39.2 Å². The van der Waals surface area contributed by atoms with Gasteiger partial charge < -0.3 is 24.1 Å². The predicted molar refractivity (Wildman–Crippen MR) is 38.7 cm³/mol. The molecule has 0 radical (unpaired) electrons. The van der Waals surface area contributed by atoms with Crippen LogP contribution in [0.3, 0.4) is 0 Å². The van der Waals surface area contributed by atoms with E-state index < -0.39 is 6.16 Å². The molecule has 0 unspecified atom stereocenters. The Labute approximate surface area is 71.2 Å². The van der Waals surface area contributed by atoms with Gasteiger partial charge in [-0.3, -0.25) is 0 Å². The molecule has 0 aromatic heterocycles. The first-order valence-corrected chi connectivity index (χ1v) is 3.76. The quantitative estimate of drug-likeness (QED) is 0.383. The molecular weight excluding hydrogens is 164 g/mol. The van der Waals surface area contributed by atoms with Crippen molar-refractivity contribution >= 4 is 6.16 Å². The molecular formula is C7H13O5-. The second-order valence-corrected chi connectivity index (χ2v) is 1.91. The Morgan fingerprint density at radius 1 is 1.17 bits per heavy atom. The molecule has 0 aliphatic carbocycles. The van der Waals surface area contributed by atoms with Crippen molar-refractivity contribution in [3.63, 3.8) is 0 Å². The van der Waals surface area contributed by atoms with Crippen molar-refractivity contribution in [2.24, 2.45) is 0 Å². The predicted octanol–water partition coefficient (Wildman–Crippen LogP) is -0.601. The zero-order valence-corrected chi connectivity index (χ0v) is 7.08. The molecule has 0 spiro atoms. The minimum Gasteiger partial charge on any atom is -0.547 e. The van der Waals surface area contributed by atoms with Crippen molar-refractivity contribution in [3.8, 4) is 0 Å². The molecule has 0 atom stereocenters. The van der Waals surface area contributed by atoms with Gasteiger partial charge in [-0.2, -0.15) is 0 Å². The van der Waals surface area contributed by atoms with Gasteiger partial charge in [0, 0.05) is 6.61 Å². The van der Waals surface area contributed by atoms with Gasteiger partial charge in [-0.1, -0.05) is 0 Å². The third kappa shape index (κ3) is 9.19. The summed E-state index contributed by atoms with van der Waals surface area (Å²) in [5.74, 6) is 0. The molecule has 0 N–H and O–H groups in total. The van der Waals surface area contributed by atoms with E-state index >= 15 is 0 Å². The summed E-state index contributed by atoms with van der Waals surface area (Å²) in [5.41, 5.74) is 0. The van der Waals surface area contributed by atoms with Crippen LogP contribution in [0.15, 0.2) is 0 Å². The first kappa shape index (κ1) is 11.2. The summed E-state index contributed by atoms with van der Waals surface area (Å²) in [4.78, 5) is 9.72. The van der Waals surface area contributed by atoms with E-state index in [0.29, 0.717) is 19.8 Å². The molecule has 5 heteroatoms. The van der Waals surface area contributed by atoms with E-state index in [4.69, 9.17) is 9.47 Å². The molecule has 0 aliphatic heterocycles. The van der Waals surface area contributed by atoms with Gasteiger partial charge in [0.25, 0.3) is 6.16 Å². The van der Waals surface area contributed by atoms with Crippen molar-refractivity contribution in [3.05, 3.63) is 0 Å². The van der Waals surface area contributed by atoms with Crippen molar-refractivity contribution in [2.75, 3.05) is 33.0 Å². The van der Waals surface area contributed by atoms with Gasteiger partial charge in [0.05, 0.1) is 26.4 Å². The molecule has 0 saturated heterocycles. The third-order valence-corrected chi connectivity index (χ3v) is 1.02. The molecule has 72 valence electrons. The Kier molecular flexibility index (Phi) is 7.73. The Bertz CT molecular complexity index is 114. The van der Waals surface area contributed by atoms with Crippen molar-refractivity contribution < 1.29 is 24.1 Å². The van der Waals surface area contributed by atoms with Gasteiger partial charge in [-0.15, -0.1) is 0 Å². The summed E-state index contributed by atoms with van der Waals surface area (Å²) in [6.07, 6.45) is -1.52. The van der Waals surface area contributed by atoms with Crippen molar-refractivity contribution in [2.45, 2.75) is 6.92 Å². The highest BCUT2D eigenvalue weighted by atomic mass is 16.7. The van der Waals surface area contributed by atoms with Crippen LogP contribution < -0.4 is 5.11 Å². The van der Waals surface area contributed by atoms with Gasteiger partial charge in [0.15, 0.2) is 0 Å². The van der Waals surface area contributed by atoms with Crippen LogP contribution in [0.2, 0.25) is 0 Å². The lowest BCUT2D eigenvalue weighted by molar-refractivity contribution is -0.283. The molecule has 0 amide bonds. The highest BCUT2D eigenvalue weighted by Crippen LogP contribution is 1.79. The molecule has 0 heterocycles. The van der Waals surface area contributed by atoms with Gasteiger partial charge in [0.2, 0.25) is 0 Å². The lowest BCUT2D eigenvalue weighted by atomic mass is 10.7. The smallest absolute Gasteiger partial charge is 0.252 e. The molecule has 5 nitrogen and oxygen atoms in total. The zero-order valence-electron chi connectivity index (χ0n) is 7.08. The molecule has 0 bridgehead atoms. The Morgan fingerprint density at radius 3 is 2.33 bits per heavy atom. The number of carboxylic acid groups (broad SMARTS) is 1. The molecule has 0 aromatic carbocycles. The maximum absolute atomic E-state index is 9.72. The molecule has 0 saturated carbocycles. The van der Waals surface area contributed by atoms with Crippen LogP contribution in [0.25, 0.3) is 0 Å². The second-order valence-electron chi connectivity index (χ2n) is 1.91. The number of carbonyl (C=O) groups excluding carboxylic acids is 1. The first-order chi connectivity index (χ1) is 5.77. The van der Waals surface area contributed by atoms with Gasteiger partial charge in [-0.05, 0) is 6.92 Å². The van der Waals surface area contributed by atoms with Crippen LogP contribution in [0, 0.1) is 0 Å². The fraction of sp³-hybridized carbons (Fsp3) is 0.857. The first-order valence-electron chi connectivity index (χ1n) is 3.76. The minimum absolute atomic E-state index is 0.00839. The maximum Gasteiger partial charge on any atom is 0.252 e. The van der Waals surface area contributed by atoms with E-state index in [0.717, 1.165) is 0 Å². The standard InChI is InChI=1S/C7H14O5/c1-2-10-3-4-11-5-6-12-7(8)9/h2-6H2,1H3,(H,8,9)/p-1. The normalized spacial score (nSPS) is 9.75. The molecule has 0 fully saturated rings. The average molecular weight is 177 g/mol. The van der Waals surface area contributed by atoms with E-state index in [-0.39, 0.29) is 13.2 Å². The number of rotatable bonds is 7. The van der Waals surface area contributed by atoms with Gasteiger partial charge in [0.1, 0.15) is 0 Å². The van der Waals surface area contributed by atoms with Crippen LogP contribution in [-0.2, 0) is 14.2 Å². The topological polar surface area (TPSA) is 67.8 Å². The molecule has 0 rings (SSSR count). The number of carbonyl (C=O) groups is 1. The van der Waals surface area contributed by atoms with E-state index in [9.17, 15) is 9.90 Å². The summed E-state index contributed by atoms with van der Waals surface area (Å²) in [6.45, 7) is 3.75. The summed E-state index contributed by atoms with van der Waals surface area (Å²) < 4.78 is 14.0. The van der Waals surface area contributed by atoms with Gasteiger partial charge in [-0.25, -0.2) is 0 Å². The van der Waals surface area contributed by atoms with E-state index in [1.54, 1.807) is 0 Å². The maximum atomic E-state index is 9.72. The van der Waals surface area contributed by atoms with Crippen molar-refractivity contribution in [1.82, 2.24) is 0 Å². The van der Waals surface area contributed by atoms with E-state index in [1.165, 1.54) is 0 Å². The largest absolute Gasteiger partial charge is 0.547 e. The lowest BCUT2D eigenvalue weighted by Crippen LogP contribution is -2.25. The second kappa shape index (κ2) is 8.29. The molecule has 12 heavy (non-hydrogen) atoms. The fourth-order valence-corrected chi connectivity index (χ4v) is 0.548. The summed E-state index contributed by atoms with van der Waals surface area (Å²) in [7, 11) is 0. The van der Waals surface area contributed by atoms with Crippen LogP contribution in [0.4, 0.5) is 4.79 Å². The van der Waals surface area contributed by atoms with Crippen LogP contribution in [0.5, 0.6) is 0 Å². The summed E-state index contributed by atoms with van der Waals surface area (Å²) in [5, 5.41) is 9.72. The zero-order chi connectivity index (χ0) is 9.23. The van der Waals surface area contributed by atoms with Crippen LogP contribution >= 0.6 is 0 Å². The summed E-state index contributed by atoms with van der Waals surface area (Å²) >= 11 is 0. The summed E-state index contributed by atoms with van der Waals surface area (Å²) in [6, 6.07) is 0. The van der Waals surface area contributed by atoms with E-state index in [1.807, 2.05) is 6.92 Å². The lowest BCUT2D eigenvalue weighted by Gasteiger charge is -2.08. The molecule has 0 aromatic rings. The molecule has 0 aliphatic rings. The van der Waals surface area contributed by atoms with Crippen LogP contribution in [0.1, 0.15) is 6.92 Å². The number of hydrogen-bond acceptors (Lipinski definition) is 5. The Hall–Kier alpha value is -0.810. The highest BCUT2D eigenvalue weighted by molar-refractivity contribution is 5.53. The minimum atomic E-state index is -1.52. The monoisotopic (exact) mass is 177 g/mol. The fourth-order valence-electron chi connectivity index (χ4n) is 0.548.